The van der Waals surface area contributed by atoms with E-state index in [0.717, 1.165) is 12.8 Å². The third kappa shape index (κ3) is 7.82. The Hall–Kier alpha value is -7.05. The molecule has 302 valence electrons. The molecule has 1 fully saturated rings. The maximum absolute atomic E-state index is 13.7. The predicted molar refractivity (Wildman–Crippen MR) is 212 cm³/mol. The van der Waals surface area contributed by atoms with Crippen LogP contribution >= 0.6 is 0 Å². The van der Waals surface area contributed by atoms with Crippen molar-refractivity contribution in [2.24, 2.45) is 11.7 Å². The van der Waals surface area contributed by atoms with Crippen LogP contribution in [0.5, 0.6) is 11.6 Å². The SMILES string of the molecule is CCn1nc(C)cc1C(=O)Nc1nc2cc(C(=O)OC)c(OC)nc2n1CC=CCn1c(NC(=O)c2cc(C)nn2CC)nc2cc(C(N)=O)cc(OCC3CC3)c21. The number of ether oxygens (including phenoxy) is 3. The van der Waals surface area contributed by atoms with E-state index >= 15 is 0 Å². The molecule has 1 saturated carbocycles. The third-order valence-electron chi connectivity index (χ3n) is 9.61. The lowest BCUT2D eigenvalue weighted by Crippen LogP contribution is -2.20. The fourth-order valence-corrected chi connectivity index (χ4v) is 6.59. The van der Waals surface area contributed by atoms with Crippen LogP contribution in [-0.2, 0) is 30.9 Å². The number of imidazole rings is 2. The standard InChI is InChI=1S/C39H44N12O7/c1-7-50-28(15-21(3)46-50)34(53)44-38-41-26-17-24(32(40)52)18-30(58-20-23-11-12-23)31(26)48(38)13-9-10-14-49-33-27(19-25(37(55)57-6)36(43-33)56-5)42-39(49)45-35(54)29-16-22(4)47-51(29)8-2/h9-10,15-19,23H,7-8,11-14,20H2,1-6H3,(H2,40,52)(H,41,44,53)(H,42,45,54). The van der Waals surface area contributed by atoms with Gasteiger partial charge in [0.15, 0.2) is 5.65 Å². The van der Waals surface area contributed by atoms with Crippen molar-refractivity contribution < 1.29 is 33.4 Å². The maximum atomic E-state index is 13.7. The van der Waals surface area contributed by atoms with E-state index in [1.54, 1.807) is 49.7 Å². The Bertz CT molecular complexity index is 2610. The number of hydrogen-bond donors (Lipinski definition) is 3. The van der Waals surface area contributed by atoms with Crippen molar-refractivity contribution in [2.75, 3.05) is 31.5 Å². The zero-order valence-corrected chi connectivity index (χ0v) is 33.0. The molecule has 0 unspecified atom stereocenters. The van der Waals surface area contributed by atoms with Crippen LogP contribution < -0.4 is 25.8 Å². The Morgan fingerprint density at radius 3 is 1.95 bits per heavy atom. The zero-order valence-electron chi connectivity index (χ0n) is 33.0. The van der Waals surface area contributed by atoms with Crippen LogP contribution in [0.15, 0.2) is 42.5 Å². The molecule has 19 heteroatoms. The van der Waals surface area contributed by atoms with E-state index in [1.807, 2.05) is 32.9 Å². The number of benzene rings is 1. The minimum absolute atomic E-state index is 0.0148. The summed E-state index contributed by atoms with van der Waals surface area (Å²) in [7, 11) is 2.64. The van der Waals surface area contributed by atoms with E-state index in [-0.39, 0.29) is 42.0 Å². The summed E-state index contributed by atoms with van der Waals surface area (Å²) in [4.78, 5) is 66.3. The Morgan fingerprint density at radius 1 is 0.810 bits per heavy atom. The van der Waals surface area contributed by atoms with Crippen LogP contribution in [0, 0.1) is 19.8 Å². The summed E-state index contributed by atoms with van der Waals surface area (Å²) in [5, 5.41) is 14.6. The van der Waals surface area contributed by atoms with Crippen LogP contribution in [0.4, 0.5) is 11.9 Å². The number of aryl methyl sites for hydroxylation is 4. The van der Waals surface area contributed by atoms with Crippen molar-refractivity contribution in [2.45, 2.75) is 66.7 Å². The van der Waals surface area contributed by atoms with E-state index in [9.17, 15) is 19.2 Å². The summed E-state index contributed by atoms with van der Waals surface area (Å²) >= 11 is 0. The molecule has 0 aliphatic heterocycles. The number of carbonyl (C=O) groups is 4. The van der Waals surface area contributed by atoms with Crippen LogP contribution in [0.3, 0.4) is 0 Å². The largest absolute Gasteiger partial charge is 0.491 e. The summed E-state index contributed by atoms with van der Waals surface area (Å²) in [6.45, 7) is 9.11. The average molecular weight is 793 g/mol. The Kier molecular flexibility index (Phi) is 10.9. The van der Waals surface area contributed by atoms with Gasteiger partial charge in [-0.2, -0.15) is 15.2 Å². The molecule has 0 spiro atoms. The van der Waals surface area contributed by atoms with Gasteiger partial charge in [0.05, 0.1) is 37.7 Å². The number of nitrogens with two attached hydrogens (primary N) is 1. The number of anilines is 2. The predicted octanol–water partition coefficient (Wildman–Crippen LogP) is 4.27. The van der Waals surface area contributed by atoms with Gasteiger partial charge < -0.3 is 24.5 Å². The summed E-state index contributed by atoms with van der Waals surface area (Å²) < 4.78 is 23.3. The number of methoxy groups -OCH3 is 2. The van der Waals surface area contributed by atoms with Crippen molar-refractivity contribution in [3.05, 3.63) is 76.4 Å². The van der Waals surface area contributed by atoms with Crippen LogP contribution in [0.2, 0.25) is 0 Å². The van der Waals surface area contributed by atoms with Crippen LogP contribution in [0.1, 0.15) is 79.8 Å². The first-order valence-corrected chi connectivity index (χ1v) is 18.8. The highest BCUT2D eigenvalue weighted by molar-refractivity contribution is 6.05. The third-order valence-corrected chi connectivity index (χ3v) is 9.61. The van der Waals surface area contributed by atoms with Crippen molar-refractivity contribution >= 4 is 57.8 Å². The maximum Gasteiger partial charge on any atom is 0.343 e. The van der Waals surface area contributed by atoms with Gasteiger partial charge in [-0.05, 0) is 76.8 Å². The Labute approximate surface area is 332 Å². The van der Waals surface area contributed by atoms with Gasteiger partial charge in [-0.15, -0.1) is 0 Å². The number of amides is 3. The quantitative estimate of drug-likeness (QED) is 0.0922. The second kappa shape index (κ2) is 16.2. The molecule has 0 atom stereocenters. The van der Waals surface area contributed by atoms with Gasteiger partial charge in [0.2, 0.25) is 23.7 Å². The number of carbonyl (C=O) groups excluding carboxylic acids is 4. The zero-order chi connectivity index (χ0) is 41.2. The summed E-state index contributed by atoms with van der Waals surface area (Å²) in [6, 6.07) is 8.03. The molecule has 1 aliphatic rings. The number of pyridine rings is 1. The molecule has 1 aliphatic carbocycles. The van der Waals surface area contributed by atoms with E-state index in [2.05, 4.69) is 30.8 Å². The van der Waals surface area contributed by atoms with Crippen molar-refractivity contribution in [3.63, 3.8) is 0 Å². The van der Waals surface area contributed by atoms with Crippen molar-refractivity contribution in [1.82, 2.24) is 43.6 Å². The molecule has 1 aromatic carbocycles. The molecule has 0 bridgehead atoms. The first-order chi connectivity index (χ1) is 27.9. The Morgan fingerprint density at radius 2 is 1.40 bits per heavy atom. The fraction of sp³-hybridized carbons (Fsp3) is 0.359. The number of rotatable bonds is 16. The topological polar surface area (TPSA) is 230 Å². The highest BCUT2D eigenvalue weighted by Gasteiger charge is 2.26. The normalized spacial score (nSPS) is 12.7. The lowest BCUT2D eigenvalue weighted by Gasteiger charge is -2.13. The molecule has 5 heterocycles. The van der Waals surface area contributed by atoms with Gasteiger partial charge in [-0.3, -0.25) is 38.9 Å². The first-order valence-electron chi connectivity index (χ1n) is 18.8. The number of primary amides is 1. The molecule has 6 aromatic rings. The molecule has 5 aromatic heterocycles. The Balaban J connectivity index is 1.27. The van der Waals surface area contributed by atoms with Gasteiger partial charge in [-0.1, -0.05) is 12.2 Å². The second-order valence-electron chi connectivity index (χ2n) is 13.8. The molecule has 4 N–H and O–H groups in total. The number of aromatic nitrogens is 9. The average Bonchev–Trinajstić information content (AvgIpc) is 3.50. The molecular formula is C39H44N12O7. The fourth-order valence-electron chi connectivity index (χ4n) is 6.59. The second-order valence-corrected chi connectivity index (χ2v) is 13.8. The minimum atomic E-state index is -0.665. The van der Waals surface area contributed by atoms with Crippen molar-refractivity contribution in [1.29, 1.82) is 0 Å². The number of esters is 1. The minimum Gasteiger partial charge on any atom is -0.491 e. The lowest BCUT2D eigenvalue weighted by atomic mass is 10.1. The highest BCUT2D eigenvalue weighted by Crippen LogP contribution is 2.35. The highest BCUT2D eigenvalue weighted by atomic mass is 16.5. The van der Waals surface area contributed by atoms with Crippen molar-refractivity contribution in [3.8, 4) is 11.6 Å². The molecule has 7 rings (SSSR count). The molecule has 0 radical (unpaired) electrons. The van der Waals surface area contributed by atoms with Gasteiger partial charge in [0, 0.05) is 31.7 Å². The van der Waals surface area contributed by atoms with E-state index in [0.29, 0.717) is 76.3 Å². The van der Waals surface area contributed by atoms with E-state index < -0.39 is 23.7 Å². The van der Waals surface area contributed by atoms with Gasteiger partial charge >= 0.3 is 5.97 Å². The van der Waals surface area contributed by atoms with Crippen LogP contribution in [0.25, 0.3) is 22.2 Å². The molecular weight excluding hydrogens is 749 g/mol. The number of nitrogens with one attached hydrogen (secondary N) is 2. The lowest BCUT2D eigenvalue weighted by molar-refractivity contribution is 0.0596. The van der Waals surface area contributed by atoms with Gasteiger partial charge in [-0.25, -0.2) is 14.8 Å². The summed E-state index contributed by atoms with van der Waals surface area (Å²) in [5.74, 6) is -0.994. The van der Waals surface area contributed by atoms with Gasteiger partial charge in [0.1, 0.15) is 33.7 Å². The molecule has 19 nitrogen and oxygen atoms in total. The van der Waals surface area contributed by atoms with Gasteiger partial charge in [0.25, 0.3) is 11.8 Å². The first kappa shape index (κ1) is 39.2. The summed E-state index contributed by atoms with van der Waals surface area (Å²) in [5.41, 5.74) is 9.63. The molecule has 0 saturated heterocycles. The summed E-state index contributed by atoms with van der Waals surface area (Å²) in [6.07, 6.45) is 5.76. The van der Waals surface area contributed by atoms with E-state index in [1.165, 1.54) is 20.3 Å². The number of hydrogen-bond acceptors (Lipinski definition) is 12. The van der Waals surface area contributed by atoms with E-state index in [4.69, 9.17) is 24.9 Å². The number of nitrogens with zero attached hydrogens (tertiary/aromatic N) is 9. The van der Waals surface area contributed by atoms with Crippen LogP contribution in [-0.4, -0.2) is 88.2 Å². The number of allylic oxidation sites excluding steroid dienone is 2. The monoisotopic (exact) mass is 792 g/mol. The molecule has 58 heavy (non-hydrogen) atoms. The number of fused-ring (bicyclic) bond motifs is 2. The molecule has 3 amide bonds. The smallest absolute Gasteiger partial charge is 0.343 e.